The third-order valence-corrected chi connectivity index (χ3v) is 4.82. The van der Waals surface area contributed by atoms with Gasteiger partial charge < -0.3 is 27.0 Å². The Labute approximate surface area is 176 Å². The van der Waals surface area contributed by atoms with E-state index in [1.165, 1.54) is 0 Å². The lowest BCUT2D eigenvalue weighted by molar-refractivity contribution is -0.122. The molecule has 3 rings (SSSR count). The van der Waals surface area contributed by atoms with Crippen molar-refractivity contribution in [2.75, 3.05) is 35.2 Å². The first-order chi connectivity index (χ1) is 14.6. The summed E-state index contributed by atoms with van der Waals surface area (Å²) in [5, 5.41) is 4.94. The maximum Gasteiger partial charge on any atom is 0.405 e. The van der Waals surface area contributed by atoms with Gasteiger partial charge in [-0.05, 0) is 37.1 Å². The summed E-state index contributed by atoms with van der Waals surface area (Å²) in [6.07, 6.45) is -1.80. The van der Waals surface area contributed by atoms with E-state index < -0.39 is 18.6 Å². The molecule has 12 heteroatoms. The zero-order valence-electron chi connectivity index (χ0n) is 16.4. The molecule has 0 unspecified atom stereocenters. The van der Waals surface area contributed by atoms with E-state index in [0.29, 0.717) is 12.2 Å². The van der Waals surface area contributed by atoms with Crippen LogP contribution >= 0.6 is 0 Å². The largest absolute Gasteiger partial charge is 0.405 e. The number of aromatic nitrogens is 2. The molecule has 31 heavy (non-hydrogen) atoms. The second-order valence-corrected chi connectivity index (χ2v) is 7.15. The molecule has 166 valence electrons. The Kier molecular flexibility index (Phi) is 6.47. The summed E-state index contributed by atoms with van der Waals surface area (Å²) >= 11 is 0. The number of halogens is 3. The van der Waals surface area contributed by atoms with Gasteiger partial charge in [0.2, 0.25) is 11.9 Å². The molecular formula is C19H22F3N7O2. The lowest BCUT2D eigenvalue weighted by Gasteiger charge is -2.33. The van der Waals surface area contributed by atoms with Crippen molar-refractivity contribution in [3.63, 3.8) is 0 Å². The molecule has 2 heterocycles. The van der Waals surface area contributed by atoms with Crippen LogP contribution < -0.4 is 27.0 Å². The van der Waals surface area contributed by atoms with Gasteiger partial charge >= 0.3 is 6.18 Å². The summed E-state index contributed by atoms with van der Waals surface area (Å²) in [7, 11) is 0. The maximum absolute atomic E-state index is 12.5. The van der Waals surface area contributed by atoms with E-state index in [2.05, 4.69) is 25.5 Å². The van der Waals surface area contributed by atoms with Gasteiger partial charge in [-0.25, -0.2) is 4.98 Å². The average molecular weight is 437 g/mol. The fourth-order valence-corrected chi connectivity index (χ4v) is 3.27. The van der Waals surface area contributed by atoms with Crippen LogP contribution in [-0.2, 0) is 4.79 Å². The second-order valence-electron chi connectivity index (χ2n) is 7.15. The van der Waals surface area contributed by atoms with Crippen molar-refractivity contribution < 1.29 is 22.8 Å². The molecule has 0 bridgehead atoms. The highest BCUT2D eigenvalue weighted by Crippen LogP contribution is 2.26. The van der Waals surface area contributed by atoms with Crippen molar-refractivity contribution in [2.45, 2.75) is 19.0 Å². The predicted molar refractivity (Wildman–Crippen MR) is 109 cm³/mol. The molecule has 0 radical (unpaired) electrons. The predicted octanol–water partition coefficient (Wildman–Crippen LogP) is 1.99. The Hall–Kier alpha value is -3.57. The van der Waals surface area contributed by atoms with Gasteiger partial charge in [-0.3, -0.25) is 9.59 Å². The first-order valence-electron chi connectivity index (χ1n) is 9.51. The van der Waals surface area contributed by atoms with E-state index in [9.17, 15) is 22.8 Å². The Morgan fingerprint density at radius 2 is 1.90 bits per heavy atom. The lowest BCUT2D eigenvalue weighted by atomic mass is 9.97. The zero-order chi connectivity index (χ0) is 22.6. The fourth-order valence-electron chi connectivity index (χ4n) is 3.27. The average Bonchev–Trinajstić information content (AvgIpc) is 2.72. The Balaban J connectivity index is 1.72. The summed E-state index contributed by atoms with van der Waals surface area (Å²) in [6, 6.07) is 7.17. The molecule has 6 N–H and O–H groups in total. The van der Waals surface area contributed by atoms with Crippen molar-refractivity contribution in [2.24, 2.45) is 17.4 Å². The SMILES string of the molecule is NC(=O)c1cnc(Nc2ccc(N3CCC[C@@H](C(N)=O)C3)cc2)nc1NCC(F)(F)F. The van der Waals surface area contributed by atoms with Gasteiger partial charge in [0, 0.05) is 30.7 Å². The van der Waals surface area contributed by atoms with Crippen molar-refractivity contribution in [3.05, 3.63) is 36.0 Å². The number of hydrogen-bond acceptors (Lipinski definition) is 7. The number of carbonyl (C=O) groups excluding carboxylic acids is 2. The van der Waals surface area contributed by atoms with Gasteiger partial charge in [0.05, 0.1) is 11.5 Å². The summed E-state index contributed by atoms with van der Waals surface area (Å²) in [5.41, 5.74) is 11.8. The van der Waals surface area contributed by atoms with Crippen LogP contribution in [0.4, 0.5) is 36.3 Å². The van der Waals surface area contributed by atoms with Gasteiger partial charge in [-0.2, -0.15) is 18.2 Å². The minimum atomic E-state index is -4.49. The van der Waals surface area contributed by atoms with Gasteiger partial charge in [-0.15, -0.1) is 0 Å². The van der Waals surface area contributed by atoms with Crippen LogP contribution in [0.25, 0.3) is 0 Å². The van der Waals surface area contributed by atoms with Crippen molar-refractivity contribution >= 4 is 35.0 Å². The van der Waals surface area contributed by atoms with Crippen LogP contribution in [0.3, 0.4) is 0 Å². The first-order valence-corrected chi connectivity index (χ1v) is 9.51. The number of piperidine rings is 1. The minimum absolute atomic E-state index is 0.00538. The van der Waals surface area contributed by atoms with Crippen molar-refractivity contribution in [1.29, 1.82) is 0 Å². The Morgan fingerprint density at radius 1 is 1.19 bits per heavy atom. The summed E-state index contributed by atoms with van der Waals surface area (Å²) in [6.45, 7) is -0.0168. The Bertz CT molecular complexity index is 951. The van der Waals surface area contributed by atoms with Gasteiger partial charge in [-0.1, -0.05) is 0 Å². The number of rotatable bonds is 7. The molecule has 1 aromatic carbocycles. The quantitative estimate of drug-likeness (QED) is 0.519. The first kappa shape index (κ1) is 22.1. The molecular weight excluding hydrogens is 415 g/mol. The molecule has 1 atom stereocenters. The van der Waals surface area contributed by atoms with Crippen LogP contribution in [-0.4, -0.2) is 47.6 Å². The highest BCUT2D eigenvalue weighted by molar-refractivity contribution is 5.97. The lowest BCUT2D eigenvalue weighted by Crippen LogP contribution is -2.41. The summed E-state index contributed by atoms with van der Waals surface area (Å²) in [5.74, 6) is -1.77. The van der Waals surface area contributed by atoms with Crippen LogP contribution in [0.2, 0.25) is 0 Å². The number of amides is 2. The maximum atomic E-state index is 12.5. The van der Waals surface area contributed by atoms with Crippen LogP contribution in [0.1, 0.15) is 23.2 Å². The molecule has 0 saturated carbocycles. The van der Waals surface area contributed by atoms with Gasteiger partial charge in [0.15, 0.2) is 0 Å². The molecule has 1 fully saturated rings. The van der Waals surface area contributed by atoms with Crippen molar-refractivity contribution in [3.8, 4) is 0 Å². The highest BCUT2D eigenvalue weighted by atomic mass is 19.4. The van der Waals surface area contributed by atoms with Gasteiger partial charge in [0.1, 0.15) is 12.4 Å². The van der Waals surface area contributed by atoms with E-state index in [1.54, 1.807) is 12.1 Å². The topological polar surface area (TPSA) is 139 Å². The molecule has 0 aliphatic carbocycles. The molecule has 0 spiro atoms. The highest BCUT2D eigenvalue weighted by Gasteiger charge is 2.28. The standard InChI is InChI=1S/C19H22F3N7O2/c20-19(21,22)10-26-17-14(16(24)31)8-25-18(28-17)27-12-3-5-13(6-4-12)29-7-1-2-11(9-29)15(23)30/h3-6,8,11H,1-2,7,9-10H2,(H2,23,30)(H2,24,31)(H2,25,26,27,28)/t11-/m1/s1. The molecule has 1 aliphatic rings. The number of hydrogen-bond donors (Lipinski definition) is 4. The number of alkyl halides is 3. The van der Waals surface area contributed by atoms with Crippen LogP contribution in [0.15, 0.2) is 30.5 Å². The van der Waals surface area contributed by atoms with E-state index in [4.69, 9.17) is 11.5 Å². The number of anilines is 4. The third kappa shape index (κ3) is 5.96. The molecule has 9 nitrogen and oxygen atoms in total. The number of primary amides is 2. The molecule has 2 aromatic rings. The van der Waals surface area contributed by atoms with E-state index in [0.717, 1.165) is 31.3 Å². The van der Waals surface area contributed by atoms with E-state index in [1.807, 2.05) is 12.1 Å². The monoisotopic (exact) mass is 437 g/mol. The summed E-state index contributed by atoms with van der Waals surface area (Å²) in [4.78, 5) is 32.8. The zero-order valence-corrected chi connectivity index (χ0v) is 16.4. The van der Waals surface area contributed by atoms with Crippen LogP contribution in [0.5, 0.6) is 0 Å². The molecule has 1 aliphatic heterocycles. The number of benzene rings is 1. The Morgan fingerprint density at radius 3 is 2.52 bits per heavy atom. The molecule has 1 aromatic heterocycles. The third-order valence-electron chi connectivity index (χ3n) is 4.82. The fraction of sp³-hybridized carbons (Fsp3) is 0.368. The van der Waals surface area contributed by atoms with Crippen molar-refractivity contribution in [1.82, 2.24) is 9.97 Å². The number of nitrogens with zero attached hydrogens (tertiary/aromatic N) is 3. The summed E-state index contributed by atoms with van der Waals surface area (Å²) < 4.78 is 37.5. The normalized spacial score (nSPS) is 16.6. The number of carbonyl (C=O) groups is 2. The minimum Gasteiger partial charge on any atom is -0.371 e. The van der Waals surface area contributed by atoms with E-state index >= 15 is 0 Å². The van der Waals surface area contributed by atoms with Gasteiger partial charge in [0.25, 0.3) is 5.91 Å². The number of nitrogens with two attached hydrogens (primary N) is 2. The smallest absolute Gasteiger partial charge is 0.371 e. The molecule has 1 saturated heterocycles. The van der Waals surface area contributed by atoms with E-state index in [-0.39, 0.29) is 29.2 Å². The molecule has 2 amide bonds. The number of nitrogens with one attached hydrogen (secondary N) is 2. The van der Waals surface area contributed by atoms with Crippen LogP contribution in [0, 0.1) is 5.92 Å². The second kappa shape index (κ2) is 9.06.